The molecule has 0 aliphatic carbocycles. The molecule has 0 unspecified atom stereocenters. The van der Waals surface area contributed by atoms with Crippen LogP contribution in [0.2, 0.25) is 0 Å². The van der Waals surface area contributed by atoms with Crippen molar-refractivity contribution in [2.24, 2.45) is 0 Å². The average Bonchev–Trinajstić information content (AvgIpc) is 3.08. The van der Waals surface area contributed by atoms with Gasteiger partial charge in [-0.15, -0.1) is 0 Å². The molecule has 6 heteroatoms. The first-order valence-electron chi connectivity index (χ1n) is 6.72. The number of aromatic amines is 1. The summed E-state index contributed by atoms with van der Waals surface area (Å²) in [5.41, 5.74) is 2.14. The lowest BCUT2D eigenvalue weighted by atomic mass is 10.4. The van der Waals surface area contributed by atoms with Gasteiger partial charge in [0.1, 0.15) is 10.7 Å². The lowest BCUT2D eigenvalue weighted by Gasteiger charge is -2.05. The first-order valence-corrected chi connectivity index (χ1v) is 7.54. The van der Waals surface area contributed by atoms with E-state index >= 15 is 0 Å². The highest BCUT2D eigenvalue weighted by molar-refractivity contribution is 7.99. The number of aromatic nitrogens is 4. The fourth-order valence-corrected chi connectivity index (χ4v) is 2.90. The number of fused-ring (bicyclic) bond motifs is 1. The zero-order chi connectivity index (χ0) is 13.8. The van der Waals surface area contributed by atoms with Crippen molar-refractivity contribution in [2.45, 2.75) is 30.1 Å². The summed E-state index contributed by atoms with van der Waals surface area (Å²) in [7, 11) is 0. The Balaban J connectivity index is 1.94. The van der Waals surface area contributed by atoms with Gasteiger partial charge in [-0.2, -0.15) is 0 Å². The fourth-order valence-electron chi connectivity index (χ4n) is 2.05. The summed E-state index contributed by atoms with van der Waals surface area (Å²) >= 11 is 1.57. The lowest BCUT2D eigenvalue weighted by molar-refractivity contribution is 0.652. The molecular weight excluding hydrogens is 270 g/mol. The highest BCUT2D eigenvalue weighted by Crippen LogP contribution is 2.28. The third-order valence-corrected chi connectivity index (χ3v) is 3.91. The van der Waals surface area contributed by atoms with Crippen molar-refractivity contribution >= 4 is 17.4 Å². The zero-order valence-corrected chi connectivity index (χ0v) is 12.2. The molecule has 3 rings (SSSR count). The molecule has 0 aliphatic rings. The molecule has 2 N–H and O–H groups in total. The highest BCUT2D eigenvalue weighted by atomic mass is 32.2. The van der Waals surface area contributed by atoms with Gasteiger partial charge in [-0.25, -0.2) is 9.97 Å². The first-order chi connectivity index (χ1) is 9.88. The molecule has 104 valence electrons. The highest BCUT2D eigenvalue weighted by Gasteiger charge is 2.13. The molecular formula is C14H17N5S. The Bertz CT molecular complexity index is 674. The summed E-state index contributed by atoms with van der Waals surface area (Å²) in [4.78, 5) is 12.1. The van der Waals surface area contributed by atoms with Gasteiger partial charge >= 0.3 is 0 Å². The predicted molar refractivity (Wildman–Crippen MR) is 79.9 cm³/mol. The van der Waals surface area contributed by atoms with Gasteiger partial charge in [0.15, 0.2) is 5.16 Å². The molecule has 0 aliphatic heterocycles. The van der Waals surface area contributed by atoms with Crippen LogP contribution in [0.25, 0.3) is 5.65 Å². The molecule has 0 aromatic carbocycles. The van der Waals surface area contributed by atoms with Crippen LogP contribution in [0.15, 0.2) is 47.0 Å². The fraction of sp³-hybridized carbons (Fsp3) is 0.286. The number of nitrogens with zero attached hydrogens (tertiary/aromatic N) is 3. The Kier molecular flexibility index (Phi) is 4.03. The van der Waals surface area contributed by atoms with Crippen molar-refractivity contribution < 1.29 is 0 Å². The number of H-pyrrole nitrogens is 1. The molecule has 3 heterocycles. The molecule has 0 fully saturated rings. The minimum atomic E-state index is 0.808. The number of hydrogen-bond donors (Lipinski definition) is 2. The van der Waals surface area contributed by atoms with E-state index in [0.717, 1.165) is 35.3 Å². The molecule has 3 aromatic rings. The Morgan fingerprint density at radius 3 is 3.15 bits per heavy atom. The molecule has 20 heavy (non-hydrogen) atoms. The second kappa shape index (κ2) is 6.11. The Morgan fingerprint density at radius 1 is 1.40 bits per heavy atom. The van der Waals surface area contributed by atoms with E-state index in [0.29, 0.717) is 0 Å². The van der Waals surface area contributed by atoms with Crippen LogP contribution >= 0.6 is 11.8 Å². The number of rotatable bonds is 6. The maximum absolute atomic E-state index is 4.69. The zero-order valence-electron chi connectivity index (χ0n) is 11.3. The van der Waals surface area contributed by atoms with Crippen molar-refractivity contribution in [3.05, 3.63) is 42.5 Å². The van der Waals surface area contributed by atoms with E-state index < -0.39 is 0 Å². The average molecular weight is 287 g/mol. The monoisotopic (exact) mass is 287 g/mol. The first kappa shape index (κ1) is 13.2. The van der Waals surface area contributed by atoms with Crippen LogP contribution < -0.4 is 5.32 Å². The van der Waals surface area contributed by atoms with E-state index in [1.165, 1.54) is 5.69 Å². The van der Waals surface area contributed by atoms with Crippen LogP contribution in [0.4, 0.5) is 0 Å². The molecule has 0 spiro atoms. The maximum Gasteiger partial charge on any atom is 0.171 e. The molecule has 0 bridgehead atoms. The minimum absolute atomic E-state index is 0.808. The van der Waals surface area contributed by atoms with E-state index in [1.807, 2.05) is 24.4 Å². The molecule has 0 saturated heterocycles. The third kappa shape index (κ3) is 2.71. The molecule has 3 aromatic heterocycles. The van der Waals surface area contributed by atoms with Gasteiger partial charge < -0.3 is 14.7 Å². The SMILES string of the molecule is CCCNCc1c(Sc2ncc[nH]2)nc2ccccn12. The smallest absolute Gasteiger partial charge is 0.171 e. The van der Waals surface area contributed by atoms with Gasteiger partial charge in [0, 0.05) is 25.1 Å². The van der Waals surface area contributed by atoms with Crippen molar-refractivity contribution in [3.63, 3.8) is 0 Å². The molecule has 5 nitrogen and oxygen atoms in total. The minimum Gasteiger partial charge on any atom is -0.339 e. The number of nitrogens with one attached hydrogen (secondary N) is 2. The quantitative estimate of drug-likeness (QED) is 0.684. The van der Waals surface area contributed by atoms with E-state index in [-0.39, 0.29) is 0 Å². The Labute approximate surface area is 121 Å². The molecule has 0 saturated carbocycles. The number of pyridine rings is 1. The van der Waals surface area contributed by atoms with Crippen molar-refractivity contribution in [2.75, 3.05) is 6.54 Å². The van der Waals surface area contributed by atoms with Crippen LogP contribution in [0.1, 0.15) is 19.0 Å². The Morgan fingerprint density at radius 2 is 2.35 bits per heavy atom. The van der Waals surface area contributed by atoms with Gasteiger partial charge in [0.25, 0.3) is 0 Å². The van der Waals surface area contributed by atoms with E-state index in [2.05, 4.69) is 32.8 Å². The Hall–Kier alpha value is -1.79. The van der Waals surface area contributed by atoms with Crippen LogP contribution in [0.5, 0.6) is 0 Å². The molecule has 0 radical (unpaired) electrons. The van der Waals surface area contributed by atoms with Gasteiger partial charge in [0.05, 0.1) is 5.69 Å². The van der Waals surface area contributed by atoms with E-state index in [1.54, 1.807) is 18.0 Å². The second-order valence-electron chi connectivity index (χ2n) is 4.47. The van der Waals surface area contributed by atoms with Gasteiger partial charge in [-0.3, -0.25) is 0 Å². The van der Waals surface area contributed by atoms with Gasteiger partial charge in [0.2, 0.25) is 0 Å². The summed E-state index contributed by atoms with van der Waals surface area (Å²) < 4.78 is 2.13. The normalized spacial score (nSPS) is 11.2. The van der Waals surface area contributed by atoms with Gasteiger partial charge in [-0.05, 0) is 36.9 Å². The predicted octanol–water partition coefficient (Wildman–Crippen LogP) is 2.71. The topological polar surface area (TPSA) is 58.0 Å². The number of imidazole rings is 2. The second-order valence-corrected chi connectivity index (χ2v) is 5.44. The van der Waals surface area contributed by atoms with Crippen molar-refractivity contribution in [3.8, 4) is 0 Å². The van der Waals surface area contributed by atoms with Crippen LogP contribution in [0.3, 0.4) is 0 Å². The lowest BCUT2D eigenvalue weighted by Crippen LogP contribution is -2.15. The largest absolute Gasteiger partial charge is 0.339 e. The summed E-state index contributed by atoms with van der Waals surface area (Å²) in [5, 5.41) is 5.31. The molecule has 0 atom stereocenters. The van der Waals surface area contributed by atoms with Crippen LogP contribution in [-0.2, 0) is 6.54 Å². The number of hydrogen-bond acceptors (Lipinski definition) is 4. The standard InChI is InChI=1S/C14H17N5S/c1-2-6-15-10-11-13(20-14-16-7-8-17-14)18-12-5-3-4-9-19(11)12/h3-5,7-9,15H,2,6,10H2,1H3,(H,16,17). The summed E-state index contributed by atoms with van der Waals surface area (Å²) in [6, 6.07) is 6.06. The third-order valence-electron chi connectivity index (χ3n) is 2.98. The van der Waals surface area contributed by atoms with Crippen LogP contribution in [-0.4, -0.2) is 25.9 Å². The molecule has 0 amide bonds. The van der Waals surface area contributed by atoms with Crippen molar-refractivity contribution in [1.82, 2.24) is 24.7 Å². The van der Waals surface area contributed by atoms with Crippen LogP contribution in [0, 0.1) is 0 Å². The maximum atomic E-state index is 4.69. The van der Waals surface area contributed by atoms with Crippen molar-refractivity contribution in [1.29, 1.82) is 0 Å². The van der Waals surface area contributed by atoms with E-state index in [9.17, 15) is 0 Å². The summed E-state index contributed by atoms with van der Waals surface area (Å²) in [6.45, 7) is 3.98. The van der Waals surface area contributed by atoms with E-state index in [4.69, 9.17) is 4.98 Å². The summed E-state index contributed by atoms with van der Waals surface area (Å²) in [6.07, 6.45) is 6.76. The summed E-state index contributed by atoms with van der Waals surface area (Å²) in [5.74, 6) is 0. The van der Waals surface area contributed by atoms with Gasteiger partial charge in [-0.1, -0.05) is 13.0 Å².